The minimum Gasteiger partial charge on any atom is -0.344 e. The third-order valence-electron chi connectivity index (χ3n) is 6.45. The van der Waals surface area contributed by atoms with Crippen LogP contribution in [0.1, 0.15) is 66.4 Å². The molecule has 1 saturated heterocycles. The van der Waals surface area contributed by atoms with E-state index in [4.69, 9.17) is 0 Å². The second kappa shape index (κ2) is 12.9. The van der Waals surface area contributed by atoms with Crippen molar-refractivity contribution in [2.75, 3.05) is 32.7 Å². The van der Waals surface area contributed by atoms with Crippen molar-refractivity contribution in [3.63, 3.8) is 0 Å². The lowest BCUT2D eigenvalue weighted by Gasteiger charge is -2.37. The summed E-state index contributed by atoms with van der Waals surface area (Å²) in [5.41, 5.74) is 1.40. The third kappa shape index (κ3) is 9.71. The molecule has 2 rings (SSSR count). The molecule has 184 valence electrons. The Labute approximate surface area is 201 Å². The number of carbonyl (C=O) groups excluding carboxylic acids is 2. The quantitative estimate of drug-likeness (QED) is 0.549. The zero-order valence-electron chi connectivity index (χ0n) is 21.6. The number of benzene rings is 1. The first-order chi connectivity index (χ1) is 15.6. The summed E-state index contributed by atoms with van der Waals surface area (Å²) in [6.07, 6.45) is 6.65. The molecule has 5 nitrogen and oxygen atoms in total. The van der Waals surface area contributed by atoms with Gasteiger partial charge in [0.05, 0.1) is 0 Å². The number of hydrogen-bond acceptors (Lipinski definition) is 3. The highest BCUT2D eigenvalue weighted by Gasteiger charge is 2.32. The molecule has 1 aromatic carbocycles. The summed E-state index contributed by atoms with van der Waals surface area (Å²) in [4.78, 5) is 30.4. The second-order valence-corrected chi connectivity index (χ2v) is 10.9. The number of carbonyl (C=O) groups is 2. The molecule has 0 bridgehead atoms. The molecule has 0 spiro atoms. The van der Waals surface area contributed by atoms with E-state index in [2.05, 4.69) is 76.0 Å². The predicted molar refractivity (Wildman–Crippen MR) is 138 cm³/mol. The van der Waals surface area contributed by atoms with E-state index in [1.165, 1.54) is 5.56 Å². The van der Waals surface area contributed by atoms with Crippen LogP contribution in [0.5, 0.6) is 0 Å². The Balaban J connectivity index is 1.86. The van der Waals surface area contributed by atoms with Crippen molar-refractivity contribution in [1.29, 1.82) is 0 Å². The van der Waals surface area contributed by atoms with Gasteiger partial charge in [0, 0.05) is 39.1 Å². The maximum Gasteiger partial charge on any atom is 0.245 e. The van der Waals surface area contributed by atoms with Crippen LogP contribution >= 0.6 is 0 Å². The molecule has 1 N–H and O–H groups in total. The van der Waals surface area contributed by atoms with Gasteiger partial charge in [0.2, 0.25) is 11.8 Å². The number of nitrogens with one attached hydrogen (secondary N) is 1. The minimum absolute atomic E-state index is 0.00455. The highest BCUT2D eigenvalue weighted by atomic mass is 16.2. The Morgan fingerprint density at radius 1 is 1.06 bits per heavy atom. The highest BCUT2D eigenvalue weighted by Crippen LogP contribution is 2.26. The van der Waals surface area contributed by atoms with Crippen molar-refractivity contribution in [2.45, 2.75) is 66.8 Å². The van der Waals surface area contributed by atoms with Gasteiger partial charge in [0.25, 0.3) is 0 Å². The first-order valence-corrected chi connectivity index (χ1v) is 12.6. The van der Waals surface area contributed by atoms with Gasteiger partial charge >= 0.3 is 0 Å². The number of piperazine rings is 1. The number of amides is 2. The Kier molecular flexibility index (Phi) is 10.6. The van der Waals surface area contributed by atoms with Crippen LogP contribution in [-0.4, -0.2) is 60.4 Å². The molecule has 1 aliphatic rings. The molecule has 1 aliphatic heterocycles. The average molecular weight is 456 g/mol. The molecule has 1 aromatic rings. The summed E-state index contributed by atoms with van der Waals surface area (Å²) in [5, 5.41) is 3.09. The van der Waals surface area contributed by atoms with Crippen molar-refractivity contribution in [1.82, 2.24) is 15.1 Å². The predicted octanol–water partition coefficient (Wildman–Crippen LogP) is 4.84. The molecule has 33 heavy (non-hydrogen) atoms. The van der Waals surface area contributed by atoms with Crippen LogP contribution in [0.4, 0.5) is 0 Å². The average Bonchev–Trinajstić information content (AvgIpc) is 2.76. The van der Waals surface area contributed by atoms with E-state index in [1.807, 2.05) is 23.1 Å². The molecule has 1 fully saturated rings. The normalized spacial score (nSPS) is 18.2. The van der Waals surface area contributed by atoms with Gasteiger partial charge in [-0.15, -0.1) is 0 Å². The summed E-state index contributed by atoms with van der Waals surface area (Å²) < 4.78 is 0. The summed E-state index contributed by atoms with van der Waals surface area (Å²) in [6, 6.07) is 9.87. The van der Waals surface area contributed by atoms with Crippen molar-refractivity contribution in [2.24, 2.45) is 17.3 Å². The van der Waals surface area contributed by atoms with Crippen molar-refractivity contribution in [3.8, 4) is 0 Å². The largest absolute Gasteiger partial charge is 0.344 e. The van der Waals surface area contributed by atoms with E-state index in [0.717, 1.165) is 32.5 Å². The van der Waals surface area contributed by atoms with E-state index < -0.39 is 6.04 Å². The van der Waals surface area contributed by atoms with E-state index in [9.17, 15) is 9.59 Å². The smallest absolute Gasteiger partial charge is 0.245 e. The zero-order chi connectivity index (χ0) is 24.4. The van der Waals surface area contributed by atoms with Crippen LogP contribution in [0.3, 0.4) is 0 Å². The summed E-state index contributed by atoms with van der Waals surface area (Å²) in [5.74, 6) is 0.479. The molecule has 0 aromatic heterocycles. The molecule has 0 radical (unpaired) electrons. The Morgan fingerprint density at radius 2 is 1.70 bits per heavy atom. The maximum absolute atomic E-state index is 13.3. The standard InChI is InChI=1S/C28H45N3O2/c1-7-23(3)26(29-25(32)20-22(2)21-28(4,5)6)27(33)31-18-16-30(17-19-31)15-11-14-24-12-9-8-10-13-24/h8-14,22-23,26H,7,15-21H2,1-6H3,(H,29,32)/b14-11+. The molecule has 0 aliphatic carbocycles. The fourth-order valence-electron chi connectivity index (χ4n) is 4.60. The third-order valence-corrected chi connectivity index (χ3v) is 6.45. The van der Waals surface area contributed by atoms with Gasteiger partial charge in [-0.05, 0) is 29.2 Å². The number of rotatable bonds is 10. The molecule has 3 unspecified atom stereocenters. The maximum atomic E-state index is 13.3. The monoisotopic (exact) mass is 455 g/mol. The van der Waals surface area contributed by atoms with Gasteiger partial charge < -0.3 is 10.2 Å². The van der Waals surface area contributed by atoms with Crippen molar-refractivity contribution in [3.05, 3.63) is 42.0 Å². The molecule has 0 saturated carbocycles. The van der Waals surface area contributed by atoms with E-state index in [1.54, 1.807) is 0 Å². The molecule has 3 atom stereocenters. The Morgan fingerprint density at radius 3 is 2.27 bits per heavy atom. The first kappa shape index (κ1) is 27.1. The molecular formula is C28H45N3O2. The van der Waals surface area contributed by atoms with Gasteiger partial charge in [0.15, 0.2) is 0 Å². The lowest BCUT2D eigenvalue weighted by molar-refractivity contribution is -0.139. The summed E-state index contributed by atoms with van der Waals surface area (Å²) in [6.45, 7) is 16.9. The van der Waals surface area contributed by atoms with Crippen LogP contribution < -0.4 is 5.32 Å². The molecule has 5 heteroatoms. The van der Waals surface area contributed by atoms with Crippen LogP contribution in [0.25, 0.3) is 6.08 Å². The van der Waals surface area contributed by atoms with Gasteiger partial charge in [0.1, 0.15) is 6.04 Å². The fraction of sp³-hybridized carbons (Fsp3) is 0.643. The lowest BCUT2D eigenvalue weighted by atomic mass is 9.84. The van der Waals surface area contributed by atoms with Crippen LogP contribution in [-0.2, 0) is 9.59 Å². The minimum atomic E-state index is -0.436. The van der Waals surface area contributed by atoms with Gasteiger partial charge in [-0.1, -0.05) is 90.4 Å². The SMILES string of the molecule is CCC(C)C(NC(=O)CC(C)CC(C)(C)C)C(=O)N1CCN(C/C=C/c2ccccc2)CC1. The van der Waals surface area contributed by atoms with E-state index in [0.29, 0.717) is 25.4 Å². The lowest BCUT2D eigenvalue weighted by Crippen LogP contribution is -2.56. The number of hydrogen-bond donors (Lipinski definition) is 1. The van der Waals surface area contributed by atoms with Crippen LogP contribution in [0, 0.1) is 17.3 Å². The zero-order valence-corrected chi connectivity index (χ0v) is 21.6. The highest BCUT2D eigenvalue weighted by molar-refractivity contribution is 5.88. The van der Waals surface area contributed by atoms with Gasteiger partial charge in [-0.25, -0.2) is 0 Å². The number of nitrogens with zero attached hydrogens (tertiary/aromatic N) is 2. The van der Waals surface area contributed by atoms with Gasteiger partial charge in [-0.2, -0.15) is 0 Å². The van der Waals surface area contributed by atoms with Crippen LogP contribution in [0.15, 0.2) is 36.4 Å². The molecule has 2 amide bonds. The summed E-state index contributed by atoms with van der Waals surface area (Å²) >= 11 is 0. The van der Waals surface area contributed by atoms with Crippen molar-refractivity contribution < 1.29 is 9.59 Å². The summed E-state index contributed by atoms with van der Waals surface area (Å²) in [7, 11) is 0. The van der Waals surface area contributed by atoms with Crippen molar-refractivity contribution >= 4 is 17.9 Å². The molecule has 1 heterocycles. The first-order valence-electron chi connectivity index (χ1n) is 12.6. The van der Waals surface area contributed by atoms with Crippen LogP contribution in [0.2, 0.25) is 0 Å². The van der Waals surface area contributed by atoms with E-state index in [-0.39, 0.29) is 23.1 Å². The van der Waals surface area contributed by atoms with Gasteiger partial charge in [-0.3, -0.25) is 14.5 Å². The Hall–Kier alpha value is -2.14. The topological polar surface area (TPSA) is 52.7 Å². The fourth-order valence-corrected chi connectivity index (χ4v) is 4.60. The molecular weight excluding hydrogens is 410 g/mol. The Bertz CT molecular complexity index is 761. The van der Waals surface area contributed by atoms with E-state index >= 15 is 0 Å². The second-order valence-electron chi connectivity index (χ2n) is 10.9.